The lowest BCUT2D eigenvalue weighted by molar-refractivity contribution is -0.311. The van der Waals surface area contributed by atoms with Crippen LogP contribution in [0.5, 0.6) is 0 Å². The van der Waals surface area contributed by atoms with Crippen molar-refractivity contribution >= 4 is 23.2 Å². The lowest BCUT2D eigenvalue weighted by atomic mass is 10.1. The smallest absolute Gasteiger partial charge is 0.223 e. The SMILES string of the molecule is O=C([O-])[C@H]1CC(=O)N(Cc2cccs2)C1. The fourth-order valence-corrected chi connectivity index (χ4v) is 2.39. The summed E-state index contributed by atoms with van der Waals surface area (Å²) in [7, 11) is 0. The van der Waals surface area contributed by atoms with Gasteiger partial charge in [0.25, 0.3) is 0 Å². The molecular weight excluding hydrogens is 214 g/mol. The van der Waals surface area contributed by atoms with Gasteiger partial charge in [-0.2, -0.15) is 0 Å². The minimum atomic E-state index is -1.13. The Kier molecular flexibility index (Phi) is 2.73. The van der Waals surface area contributed by atoms with Crippen LogP contribution in [0.15, 0.2) is 17.5 Å². The van der Waals surface area contributed by atoms with Gasteiger partial charge in [-0.15, -0.1) is 11.3 Å². The van der Waals surface area contributed by atoms with Gasteiger partial charge in [0.1, 0.15) is 0 Å². The van der Waals surface area contributed by atoms with Gasteiger partial charge in [0.05, 0.1) is 6.54 Å². The number of carboxylic acid groups (broad SMARTS) is 1. The minimum absolute atomic E-state index is 0.0771. The molecule has 2 rings (SSSR count). The molecule has 1 amide bonds. The fourth-order valence-electron chi connectivity index (χ4n) is 1.67. The molecule has 4 nitrogen and oxygen atoms in total. The van der Waals surface area contributed by atoms with E-state index in [1.165, 1.54) is 0 Å². The van der Waals surface area contributed by atoms with Crippen LogP contribution in [0.25, 0.3) is 0 Å². The Morgan fingerprint density at radius 2 is 2.47 bits per heavy atom. The predicted molar refractivity (Wildman–Crippen MR) is 52.9 cm³/mol. The van der Waals surface area contributed by atoms with Gasteiger partial charge < -0.3 is 14.8 Å². The third-order valence-electron chi connectivity index (χ3n) is 2.47. The molecule has 1 aromatic rings. The molecule has 0 N–H and O–H groups in total. The highest BCUT2D eigenvalue weighted by Gasteiger charge is 2.30. The Balaban J connectivity index is 2.00. The molecule has 1 aromatic heterocycles. The van der Waals surface area contributed by atoms with Crippen molar-refractivity contribution in [2.24, 2.45) is 5.92 Å². The molecule has 0 bridgehead atoms. The van der Waals surface area contributed by atoms with Crippen molar-refractivity contribution in [3.05, 3.63) is 22.4 Å². The molecule has 0 spiro atoms. The topological polar surface area (TPSA) is 60.4 Å². The Hall–Kier alpha value is -1.36. The molecule has 5 heteroatoms. The number of aliphatic carboxylic acids is 1. The van der Waals surface area contributed by atoms with Gasteiger partial charge >= 0.3 is 0 Å². The lowest BCUT2D eigenvalue weighted by Gasteiger charge is -2.15. The summed E-state index contributed by atoms with van der Waals surface area (Å²) >= 11 is 1.56. The van der Waals surface area contributed by atoms with Crippen LogP contribution >= 0.6 is 11.3 Å². The second-order valence-corrected chi connectivity index (χ2v) is 4.61. The second-order valence-electron chi connectivity index (χ2n) is 3.57. The molecule has 0 aromatic carbocycles. The molecule has 80 valence electrons. The Bertz CT molecular complexity index is 374. The first-order valence-corrected chi connectivity index (χ1v) is 5.56. The molecule has 0 unspecified atom stereocenters. The van der Waals surface area contributed by atoms with E-state index >= 15 is 0 Å². The number of nitrogens with zero attached hydrogens (tertiary/aromatic N) is 1. The van der Waals surface area contributed by atoms with Crippen LogP contribution in [-0.2, 0) is 16.1 Å². The zero-order valence-electron chi connectivity index (χ0n) is 8.01. The zero-order chi connectivity index (χ0) is 10.8. The number of carbonyl (C=O) groups is 2. The van der Waals surface area contributed by atoms with E-state index in [2.05, 4.69) is 0 Å². The van der Waals surface area contributed by atoms with Crippen molar-refractivity contribution < 1.29 is 14.7 Å². The first-order valence-electron chi connectivity index (χ1n) is 4.68. The van der Waals surface area contributed by atoms with Crippen LogP contribution in [-0.4, -0.2) is 23.3 Å². The maximum Gasteiger partial charge on any atom is 0.223 e. The quantitative estimate of drug-likeness (QED) is 0.717. The number of hydrogen-bond donors (Lipinski definition) is 0. The largest absolute Gasteiger partial charge is 0.550 e. The fraction of sp³-hybridized carbons (Fsp3) is 0.400. The predicted octanol–water partition coefficient (Wildman–Crippen LogP) is -0.154. The van der Waals surface area contributed by atoms with E-state index in [-0.39, 0.29) is 18.9 Å². The van der Waals surface area contributed by atoms with E-state index in [1.54, 1.807) is 16.2 Å². The standard InChI is InChI=1S/C10H11NO3S/c12-9-4-7(10(13)14)5-11(9)6-8-2-1-3-15-8/h1-3,7H,4-6H2,(H,13,14)/p-1/t7-/m0/s1. The number of rotatable bonds is 3. The molecule has 15 heavy (non-hydrogen) atoms. The number of carbonyl (C=O) groups excluding carboxylic acids is 2. The highest BCUT2D eigenvalue weighted by molar-refractivity contribution is 7.09. The summed E-state index contributed by atoms with van der Waals surface area (Å²) in [5.41, 5.74) is 0. The van der Waals surface area contributed by atoms with E-state index in [0.717, 1.165) is 4.88 Å². The van der Waals surface area contributed by atoms with E-state index in [4.69, 9.17) is 0 Å². The number of thiophene rings is 1. The number of carboxylic acids is 1. The Morgan fingerprint density at radius 3 is 3.00 bits per heavy atom. The van der Waals surface area contributed by atoms with Gasteiger partial charge in [-0.05, 0) is 11.4 Å². The minimum Gasteiger partial charge on any atom is -0.550 e. The van der Waals surface area contributed by atoms with E-state index in [0.29, 0.717) is 6.54 Å². The summed E-state index contributed by atoms with van der Waals surface area (Å²) in [6, 6.07) is 3.85. The molecule has 1 fully saturated rings. The van der Waals surface area contributed by atoms with Crippen molar-refractivity contribution in [1.29, 1.82) is 0 Å². The molecular formula is C10H10NO3S-. The van der Waals surface area contributed by atoms with Crippen molar-refractivity contribution in [3.63, 3.8) is 0 Å². The zero-order valence-corrected chi connectivity index (χ0v) is 8.83. The van der Waals surface area contributed by atoms with Gasteiger partial charge in [0.15, 0.2) is 0 Å². The van der Waals surface area contributed by atoms with Crippen LogP contribution in [0.3, 0.4) is 0 Å². The molecule has 0 radical (unpaired) electrons. The molecule has 1 aliphatic heterocycles. The summed E-state index contributed by atoms with van der Waals surface area (Å²) in [5, 5.41) is 12.5. The monoisotopic (exact) mass is 224 g/mol. The van der Waals surface area contributed by atoms with Crippen LogP contribution in [0.4, 0.5) is 0 Å². The van der Waals surface area contributed by atoms with Crippen LogP contribution in [0.1, 0.15) is 11.3 Å². The van der Waals surface area contributed by atoms with Crippen molar-refractivity contribution in [3.8, 4) is 0 Å². The van der Waals surface area contributed by atoms with Gasteiger partial charge in [-0.3, -0.25) is 4.79 Å². The third kappa shape index (κ3) is 2.18. The van der Waals surface area contributed by atoms with Crippen molar-refractivity contribution in [2.45, 2.75) is 13.0 Å². The summed E-state index contributed by atoms with van der Waals surface area (Å²) < 4.78 is 0. The maximum absolute atomic E-state index is 11.5. The summed E-state index contributed by atoms with van der Waals surface area (Å²) in [4.78, 5) is 24.7. The Labute approximate surface area is 91.1 Å². The summed E-state index contributed by atoms with van der Waals surface area (Å²) in [6.07, 6.45) is 0.0771. The van der Waals surface area contributed by atoms with Crippen LogP contribution in [0, 0.1) is 5.92 Å². The Morgan fingerprint density at radius 1 is 1.67 bits per heavy atom. The van der Waals surface area contributed by atoms with Crippen LogP contribution < -0.4 is 5.11 Å². The first kappa shape index (κ1) is 10.2. The van der Waals surface area contributed by atoms with E-state index in [9.17, 15) is 14.7 Å². The average molecular weight is 224 g/mol. The highest BCUT2D eigenvalue weighted by atomic mass is 32.1. The van der Waals surface area contributed by atoms with Crippen LogP contribution in [0.2, 0.25) is 0 Å². The van der Waals surface area contributed by atoms with Crippen molar-refractivity contribution in [2.75, 3.05) is 6.54 Å². The van der Waals surface area contributed by atoms with Crippen molar-refractivity contribution in [1.82, 2.24) is 4.90 Å². The highest BCUT2D eigenvalue weighted by Crippen LogP contribution is 2.21. The normalized spacial score (nSPS) is 20.9. The average Bonchev–Trinajstić information content (AvgIpc) is 2.77. The third-order valence-corrected chi connectivity index (χ3v) is 3.34. The molecule has 1 aliphatic rings. The first-order chi connectivity index (χ1) is 7.16. The molecule has 0 saturated carbocycles. The summed E-state index contributed by atoms with van der Waals surface area (Å²) in [5.74, 6) is -1.87. The van der Waals surface area contributed by atoms with Gasteiger partial charge in [0.2, 0.25) is 5.91 Å². The van der Waals surface area contributed by atoms with E-state index in [1.807, 2.05) is 17.5 Å². The summed E-state index contributed by atoms with van der Waals surface area (Å²) in [6.45, 7) is 0.791. The molecule has 0 aliphatic carbocycles. The molecule has 1 saturated heterocycles. The lowest BCUT2D eigenvalue weighted by Crippen LogP contribution is -2.33. The van der Waals surface area contributed by atoms with Gasteiger partial charge in [0, 0.05) is 29.7 Å². The van der Waals surface area contributed by atoms with E-state index < -0.39 is 11.9 Å². The molecule has 1 atom stereocenters. The molecule has 2 heterocycles. The maximum atomic E-state index is 11.5. The number of likely N-dealkylation sites (tertiary alicyclic amines) is 1. The van der Waals surface area contributed by atoms with Gasteiger partial charge in [-0.25, -0.2) is 0 Å². The van der Waals surface area contributed by atoms with Gasteiger partial charge in [-0.1, -0.05) is 6.07 Å². The second kappa shape index (κ2) is 4.02. The number of hydrogen-bond acceptors (Lipinski definition) is 4. The number of amides is 1.